The maximum Gasteiger partial charge on any atom is 0.275 e. The van der Waals surface area contributed by atoms with Gasteiger partial charge in [0.1, 0.15) is 17.5 Å². The van der Waals surface area contributed by atoms with Crippen LogP contribution in [0.1, 0.15) is 72.0 Å². The Morgan fingerprint density at radius 1 is 1.34 bits per heavy atom. The lowest BCUT2D eigenvalue weighted by atomic mass is 10.1. The summed E-state index contributed by atoms with van der Waals surface area (Å²) in [5, 5.41) is 7.93. The normalized spacial score (nSPS) is 16.5. The summed E-state index contributed by atoms with van der Waals surface area (Å²) in [4.78, 5) is 19.3. The Bertz CT molecular complexity index is 963. The Balaban J connectivity index is 1.45. The van der Waals surface area contributed by atoms with E-state index in [9.17, 15) is 4.79 Å². The summed E-state index contributed by atoms with van der Waals surface area (Å²) in [6, 6.07) is 9.41. The highest BCUT2D eigenvalue weighted by Gasteiger charge is 2.34. The molecule has 1 aliphatic rings. The highest BCUT2D eigenvalue weighted by Crippen LogP contribution is 2.33. The number of carbonyl (C=O) groups is 1. The summed E-state index contributed by atoms with van der Waals surface area (Å²) in [5.74, 6) is 1.31. The molecule has 0 bridgehead atoms. The van der Waals surface area contributed by atoms with Gasteiger partial charge in [-0.15, -0.1) is 0 Å². The quantitative estimate of drug-likeness (QED) is 0.595. The zero-order valence-electron chi connectivity index (χ0n) is 16.5. The molecular formula is C22H25ClN4O2. The summed E-state index contributed by atoms with van der Waals surface area (Å²) >= 11 is 5.95. The first kappa shape index (κ1) is 19.7. The van der Waals surface area contributed by atoms with E-state index in [-0.39, 0.29) is 11.9 Å². The molecule has 0 unspecified atom stereocenters. The molecule has 6 nitrogen and oxygen atoms in total. The van der Waals surface area contributed by atoms with Crippen molar-refractivity contribution in [2.45, 2.75) is 51.5 Å². The molecule has 29 heavy (non-hydrogen) atoms. The van der Waals surface area contributed by atoms with Gasteiger partial charge in [-0.25, -0.2) is 4.98 Å². The summed E-state index contributed by atoms with van der Waals surface area (Å²) in [6.45, 7) is 2.84. The van der Waals surface area contributed by atoms with Gasteiger partial charge in [0, 0.05) is 23.7 Å². The number of aryl methyl sites for hydroxylation is 1. The lowest BCUT2D eigenvalue weighted by molar-refractivity contribution is 0.0708. The molecule has 1 N–H and O–H groups in total. The first-order valence-corrected chi connectivity index (χ1v) is 10.6. The average Bonchev–Trinajstić information content (AvgIpc) is 3.48. The highest BCUT2D eigenvalue weighted by molar-refractivity contribution is 6.30. The van der Waals surface area contributed by atoms with Crippen LogP contribution in [0.15, 0.2) is 40.9 Å². The number of nitrogens with zero attached hydrogens (tertiary/aromatic N) is 3. The first-order chi connectivity index (χ1) is 14.1. The van der Waals surface area contributed by atoms with Crippen molar-refractivity contribution in [2.24, 2.45) is 0 Å². The van der Waals surface area contributed by atoms with Crippen LogP contribution in [-0.4, -0.2) is 32.5 Å². The number of rotatable bonds is 7. The van der Waals surface area contributed by atoms with E-state index in [1.165, 1.54) is 0 Å². The number of likely N-dealkylation sites (tertiary alicyclic amines) is 1. The largest absolute Gasteiger partial charge is 0.443 e. The second kappa shape index (κ2) is 8.82. The zero-order chi connectivity index (χ0) is 20.2. The molecule has 1 fully saturated rings. The molecule has 7 heteroatoms. The molecule has 1 amide bonds. The molecule has 4 rings (SSSR count). The van der Waals surface area contributed by atoms with Crippen molar-refractivity contribution >= 4 is 17.5 Å². The molecule has 152 valence electrons. The number of aromatic amines is 1. The summed E-state index contributed by atoms with van der Waals surface area (Å²) in [5.41, 5.74) is 2.58. The van der Waals surface area contributed by atoms with E-state index in [2.05, 4.69) is 22.1 Å². The molecule has 1 aromatic carbocycles. The standard InChI is InChI=1S/C22H25ClN4O2/c1-2-3-5-17-13-19(26-25-17)22(28)27-11-4-6-20(27)21-24-14-18(29-21)12-15-7-9-16(23)10-8-15/h7-10,13-14,20H,2-6,11-12H2,1H3,(H,25,26)/t20-/m1/s1. The van der Waals surface area contributed by atoms with Crippen LogP contribution in [0.5, 0.6) is 0 Å². The molecule has 3 aromatic rings. The van der Waals surface area contributed by atoms with Gasteiger partial charge < -0.3 is 9.32 Å². The van der Waals surface area contributed by atoms with Crippen molar-refractivity contribution in [1.82, 2.24) is 20.1 Å². The number of oxazole rings is 1. The molecule has 2 aromatic heterocycles. The van der Waals surface area contributed by atoms with Gasteiger partial charge in [-0.2, -0.15) is 5.10 Å². The first-order valence-electron chi connectivity index (χ1n) is 10.2. The van der Waals surface area contributed by atoms with Crippen molar-refractivity contribution in [3.05, 3.63) is 70.2 Å². The van der Waals surface area contributed by atoms with Crippen LogP contribution in [0.4, 0.5) is 0 Å². The van der Waals surface area contributed by atoms with Crippen molar-refractivity contribution in [3.8, 4) is 0 Å². The second-order valence-corrected chi connectivity index (χ2v) is 7.94. The predicted octanol–water partition coefficient (Wildman–Crippen LogP) is 4.96. The van der Waals surface area contributed by atoms with Gasteiger partial charge in [0.05, 0.1) is 6.20 Å². The number of benzene rings is 1. The minimum Gasteiger partial charge on any atom is -0.443 e. The fourth-order valence-corrected chi connectivity index (χ4v) is 3.87. The van der Waals surface area contributed by atoms with E-state index < -0.39 is 0 Å². The van der Waals surface area contributed by atoms with Crippen molar-refractivity contribution < 1.29 is 9.21 Å². The third kappa shape index (κ3) is 4.53. The van der Waals surface area contributed by atoms with Gasteiger partial charge in [0.25, 0.3) is 5.91 Å². The fourth-order valence-electron chi connectivity index (χ4n) is 3.74. The van der Waals surface area contributed by atoms with E-state index >= 15 is 0 Å². The number of carbonyl (C=O) groups excluding carboxylic acids is 1. The number of hydrogen-bond donors (Lipinski definition) is 1. The maximum atomic E-state index is 13.0. The third-order valence-corrected chi connectivity index (χ3v) is 5.56. The monoisotopic (exact) mass is 412 g/mol. The van der Waals surface area contributed by atoms with E-state index in [0.717, 1.165) is 49.1 Å². The van der Waals surface area contributed by atoms with Crippen LogP contribution in [0, 0.1) is 0 Å². The van der Waals surface area contributed by atoms with Crippen LogP contribution < -0.4 is 0 Å². The Hall–Kier alpha value is -2.60. The van der Waals surface area contributed by atoms with Gasteiger partial charge in [-0.3, -0.25) is 9.89 Å². The molecular weight excluding hydrogens is 388 g/mol. The minimum atomic E-state index is -0.141. The van der Waals surface area contributed by atoms with E-state index in [4.69, 9.17) is 16.0 Å². The van der Waals surface area contributed by atoms with E-state index in [1.807, 2.05) is 35.2 Å². The predicted molar refractivity (Wildman–Crippen MR) is 111 cm³/mol. The van der Waals surface area contributed by atoms with Crippen LogP contribution in [0.2, 0.25) is 5.02 Å². The van der Waals surface area contributed by atoms with Gasteiger partial charge in [-0.05, 0) is 49.4 Å². The molecule has 0 radical (unpaired) electrons. The van der Waals surface area contributed by atoms with Gasteiger partial charge in [-0.1, -0.05) is 37.1 Å². The fraction of sp³-hybridized carbons (Fsp3) is 0.409. The minimum absolute atomic E-state index is 0.0658. The van der Waals surface area contributed by atoms with Crippen molar-refractivity contribution in [1.29, 1.82) is 0 Å². The van der Waals surface area contributed by atoms with Gasteiger partial charge in [0.2, 0.25) is 5.89 Å². The Morgan fingerprint density at radius 3 is 2.97 bits per heavy atom. The zero-order valence-corrected chi connectivity index (χ0v) is 17.3. The number of hydrogen-bond acceptors (Lipinski definition) is 4. The lowest BCUT2D eigenvalue weighted by Crippen LogP contribution is -2.31. The Labute approximate surface area is 175 Å². The summed E-state index contributed by atoms with van der Waals surface area (Å²) in [6.07, 6.45) is 7.27. The lowest BCUT2D eigenvalue weighted by Gasteiger charge is -2.21. The number of H-pyrrole nitrogens is 1. The van der Waals surface area contributed by atoms with Crippen LogP contribution in [0.3, 0.4) is 0 Å². The smallest absolute Gasteiger partial charge is 0.275 e. The molecule has 0 spiro atoms. The molecule has 1 atom stereocenters. The van der Waals surface area contributed by atoms with Gasteiger partial charge >= 0.3 is 0 Å². The van der Waals surface area contributed by atoms with Crippen LogP contribution >= 0.6 is 11.6 Å². The van der Waals surface area contributed by atoms with Gasteiger partial charge in [0.15, 0.2) is 0 Å². The van der Waals surface area contributed by atoms with Crippen molar-refractivity contribution in [2.75, 3.05) is 6.54 Å². The van der Waals surface area contributed by atoms with E-state index in [0.29, 0.717) is 29.6 Å². The second-order valence-electron chi connectivity index (χ2n) is 7.51. The number of halogens is 1. The van der Waals surface area contributed by atoms with Crippen LogP contribution in [-0.2, 0) is 12.8 Å². The number of nitrogens with one attached hydrogen (secondary N) is 1. The number of amides is 1. The molecule has 3 heterocycles. The third-order valence-electron chi connectivity index (χ3n) is 5.31. The SMILES string of the molecule is CCCCc1cc(C(=O)N2CCC[C@@H]2c2ncc(Cc3ccc(Cl)cc3)o2)n[nH]1. The van der Waals surface area contributed by atoms with E-state index in [1.54, 1.807) is 6.20 Å². The number of aromatic nitrogens is 3. The Morgan fingerprint density at radius 2 is 2.17 bits per heavy atom. The molecule has 0 aliphatic carbocycles. The maximum absolute atomic E-state index is 13.0. The molecule has 1 saturated heterocycles. The average molecular weight is 413 g/mol. The Kier molecular flexibility index (Phi) is 6.00. The number of unbranched alkanes of at least 4 members (excludes halogenated alkanes) is 1. The van der Waals surface area contributed by atoms with Crippen molar-refractivity contribution in [3.63, 3.8) is 0 Å². The molecule has 0 saturated carbocycles. The summed E-state index contributed by atoms with van der Waals surface area (Å²) in [7, 11) is 0. The highest BCUT2D eigenvalue weighted by atomic mass is 35.5. The van der Waals surface area contributed by atoms with Crippen LogP contribution in [0.25, 0.3) is 0 Å². The summed E-state index contributed by atoms with van der Waals surface area (Å²) < 4.78 is 6.01. The molecule has 1 aliphatic heterocycles. The topological polar surface area (TPSA) is 75.0 Å².